The summed E-state index contributed by atoms with van der Waals surface area (Å²) in [4.78, 5) is 11.5. The van der Waals surface area contributed by atoms with Gasteiger partial charge >= 0.3 is 0 Å². The van der Waals surface area contributed by atoms with Gasteiger partial charge in [-0.2, -0.15) is 0 Å². The van der Waals surface area contributed by atoms with Crippen molar-refractivity contribution in [1.82, 2.24) is 5.32 Å². The molecule has 1 unspecified atom stereocenters. The number of hydrogen-bond donors (Lipinski definition) is 1. The fourth-order valence-corrected chi connectivity index (χ4v) is 1.74. The van der Waals surface area contributed by atoms with Gasteiger partial charge < -0.3 is 5.32 Å². The van der Waals surface area contributed by atoms with Gasteiger partial charge in [0.2, 0.25) is 0 Å². The van der Waals surface area contributed by atoms with Crippen LogP contribution in [-0.2, 0) is 0 Å². The van der Waals surface area contributed by atoms with E-state index in [0.29, 0.717) is 0 Å². The average molecular weight is 187 g/mol. The lowest BCUT2D eigenvalue weighted by Gasteiger charge is -2.06. The molecule has 0 spiro atoms. The predicted molar refractivity (Wildman–Crippen MR) is 56.1 cm³/mol. The minimum atomic E-state index is 0.0306. The Morgan fingerprint density at radius 2 is 2.07 bits per heavy atom. The highest BCUT2D eigenvalue weighted by Crippen LogP contribution is 2.26. The first-order valence-corrected chi connectivity index (χ1v) is 4.73. The van der Waals surface area contributed by atoms with E-state index in [9.17, 15) is 4.79 Å². The van der Waals surface area contributed by atoms with Crippen molar-refractivity contribution in [2.45, 2.75) is 19.9 Å². The van der Waals surface area contributed by atoms with Crippen LogP contribution in [0.25, 0.3) is 0 Å². The molecular formula is C12H13NO. The Balaban J connectivity index is 2.44. The number of allylic oxidation sites excluding steroid dienone is 1. The summed E-state index contributed by atoms with van der Waals surface area (Å²) in [6.07, 6.45) is 2.07. The molecule has 1 aromatic carbocycles. The summed E-state index contributed by atoms with van der Waals surface area (Å²) in [6.45, 7) is 4.07. The molecule has 1 aliphatic heterocycles. The highest BCUT2D eigenvalue weighted by molar-refractivity contribution is 5.99. The van der Waals surface area contributed by atoms with E-state index in [2.05, 4.69) is 11.4 Å². The molecule has 1 aliphatic rings. The summed E-state index contributed by atoms with van der Waals surface area (Å²) in [5.74, 6) is 0.0306. The quantitative estimate of drug-likeness (QED) is 0.672. The maximum absolute atomic E-state index is 11.5. The Hall–Kier alpha value is -1.57. The topological polar surface area (TPSA) is 29.1 Å². The Morgan fingerprint density at radius 3 is 2.79 bits per heavy atom. The molecule has 0 saturated carbocycles. The second-order valence-corrected chi connectivity index (χ2v) is 3.78. The maximum Gasteiger partial charge on any atom is 0.252 e. The smallest absolute Gasteiger partial charge is 0.252 e. The Kier molecular flexibility index (Phi) is 2.12. The molecule has 1 aromatic rings. The van der Waals surface area contributed by atoms with Crippen LogP contribution < -0.4 is 5.32 Å². The van der Waals surface area contributed by atoms with E-state index in [1.165, 1.54) is 5.57 Å². The van der Waals surface area contributed by atoms with E-state index in [1.54, 1.807) is 0 Å². The van der Waals surface area contributed by atoms with Gasteiger partial charge in [0.1, 0.15) is 0 Å². The molecular weight excluding hydrogens is 174 g/mol. The SMILES string of the molecule is CC(C)=CC1NC(=O)c2ccccc21. The van der Waals surface area contributed by atoms with Crippen molar-refractivity contribution in [3.8, 4) is 0 Å². The second kappa shape index (κ2) is 3.29. The van der Waals surface area contributed by atoms with E-state index < -0.39 is 0 Å². The molecule has 1 N–H and O–H groups in total. The number of fused-ring (bicyclic) bond motifs is 1. The van der Waals surface area contributed by atoms with E-state index in [-0.39, 0.29) is 11.9 Å². The zero-order valence-electron chi connectivity index (χ0n) is 8.37. The number of benzene rings is 1. The number of hydrogen-bond acceptors (Lipinski definition) is 1. The van der Waals surface area contributed by atoms with Crippen molar-refractivity contribution in [2.24, 2.45) is 0 Å². The Morgan fingerprint density at radius 1 is 1.36 bits per heavy atom. The van der Waals surface area contributed by atoms with Gasteiger partial charge in [-0.05, 0) is 25.5 Å². The average Bonchev–Trinajstić information content (AvgIpc) is 2.44. The highest BCUT2D eigenvalue weighted by atomic mass is 16.2. The van der Waals surface area contributed by atoms with Crippen molar-refractivity contribution in [3.63, 3.8) is 0 Å². The summed E-state index contributed by atoms with van der Waals surface area (Å²) in [7, 11) is 0. The van der Waals surface area contributed by atoms with Crippen LogP contribution in [0.1, 0.15) is 35.8 Å². The standard InChI is InChI=1S/C12H13NO/c1-8(2)7-11-9-5-3-4-6-10(9)12(14)13-11/h3-7,11H,1-2H3,(H,13,14). The van der Waals surface area contributed by atoms with Crippen molar-refractivity contribution in [2.75, 3.05) is 0 Å². The third-order valence-electron chi connectivity index (χ3n) is 2.33. The van der Waals surface area contributed by atoms with Crippen LogP contribution in [0.2, 0.25) is 0 Å². The molecule has 0 fully saturated rings. The van der Waals surface area contributed by atoms with Gasteiger partial charge in [-0.15, -0.1) is 0 Å². The minimum Gasteiger partial charge on any atom is -0.342 e. The van der Waals surface area contributed by atoms with Gasteiger partial charge in [-0.25, -0.2) is 0 Å². The molecule has 0 aliphatic carbocycles. The maximum atomic E-state index is 11.5. The molecule has 2 heteroatoms. The van der Waals surface area contributed by atoms with E-state index in [0.717, 1.165) is 11.1 Å². The Labute approximate surface area is 83.6 Å². The second-order valence-electron chi connectivity index (χ2n) is 3.78. The highest BCUT2D eigenvalue weighted by Gasteiger charge is 2.25. The first-order valence-electron chi connectivity index (χ1n) is 4.73. The van der Waals surface area contributed by atoms with E-state index in [4.69, 9.17) is 0 Å². The molecule has 1 heterocycles. The van der Waals surface area contributed by atoms with E-state index >= 15 is 0 Å². The normalized spacial score (nSPS) is 18.7. The summed E-state index contributed by atoms with van der Waals surface area (Å²) in [5, 5.41) is 2.94. The van der Waals surface area contributed by atoms with Crippen molar-refractivity contribution in [1.29, 1.82) is 0 Å². The number of amides is 1. The molecule has 1 amide bonds. The van der Waals surface area contributed by atoms with Crippen LogP contribution in [0.5, 0.6) is 0 Å². The van der Waals surface area contributed by atoms with Gasteiger partial charge in [0.05, 0.1) is 6.04 Å². The zero-order valence-corrected chi connectivity index (χ0v) is 8.37. The first-order chi connectivity index (χ1) is 6.68. The third kappa shape index (κ3) is 1.43. The molecule has 0 bridgehead atoms. The van der Waals surface area contributed by atoms with Crippen LogP contribution in [0.15, 0.2) is 35.9 Å². The van der Waals surface area contributed by atoms with Gasteiger partial charge in [-0.3, -0.25) is 4.79 Å². The third-order valence-corrected chi connectivity index (χ3v) is 2.33. The molecule has 2 nitrogen and oxygen atoms in total. The number of carbonyl (C=O) groups is 1. The van der Waals surface area contributed by atoms with Gasteiger partial charge in [0, 0.05) is 5.56 Å². The Bertz CT molecular complexity index is 403. The predicted octanol–water partition coefficient (Wildman–Crippen LogP) is 2.44. The fraction of sp³-hybridized carbons (Fsp3) is 0.250. The van der Waals surface area contributed by atoms with Crippen LogP contribution in [0.4, 0.5) is 0 Å². The summed E-state index contributed by atoms with van der Waals surface area (Å²) in [6, 6.07) is 7.78. The molecule has 0 saturated heterocycles. The first kappa shape index (κ1) is 9.00. The van der Waals surface area contributed by atoms with Crippen LogP contribution >= 0.6 is 0 Å². The van der Waals surface area contributed by atoms with Crippen molar-refractivity contribution < 1.29 is 4.79 Å². The van der Waals surface area contributed by atoms with Gasteiger partial charge in [0.15, 0.2) is 0 Å². The summed E-state index contributed by atoms with van der Waals surface area (Å²) < 4.78 is 0. The van der Waals surface area contributed by atoms with E-state index in [1.807, 2.05) is 38.1 Å². The summed E-state index contributed by atoms with van der Waals surface area (Å²) in [5.41, 5.74) is 3.10. The van der Waals surface area contributed by atoms with Crippen molar-refractivity contribution >= 4 is 5.91 Å². The van der Waals surface area contributed by atoms with Crippen molar-refractivity contribution in [3.05, 3.63) is 47.0 Å². The number of rotatable bonds is 1. The lowest BCUT2D eigenvalue weighted by molar-refractivity contribution is 0.0961. The van der Waals surface area contributed by atoms with Crippen LogP contribution in [0.3, 0.4) is 0 Å². The number of carbonyl (C=O) groups excluding carboxylic acids is 1. The lowest BCUT2D eigenvalue weighted by atomic mass is 10.0. The summed E-state index contributed by atoms with van der Waals surface area (Å²) >= 11 is 0. The monoisotopic (exact) mass is 187 g/mol. The zero-order chi connectivity index (χ0) is 10.1. The van der Waals surface area contributed by atoms with Gasteiger partial charge in [0.25, 0.3) is 5.91 Å². The molecule has 0 aromatic heterocycles. The number of nitrogens with one attached hydrogen (secondary N) is 1. The molecule has 2 rings (SSSR count). The lowest BCUT2D eigenvalue weighted by Crippen LogP contribution is -2.17. The molecule has 14 heavy (non-hydrogen) atoms. The van der Waals surface area contributed by atoms with Crippen LogP contribution in [-0.4, -0.2) is 5.91 Å². The molecule has 72 valence electrons. The van der Waals surface area contributed by atoms with Crippen LogP contribution in [0, 0.1) is 0 Å². The van der Waals surface area contributed by atoms with Gasteiger partial charge in [-0.1, -0.05) is 29.8 Å². The molecule has 1 atom stereocenters. The fourth-order valence-electron chi connectivity index (χ4n) is 1.74. The largest absolute Gasteiger partial charge is 0.342 e. The molecule has 0 radical (unpaired) electrons. The minimum absolute atomic E-state index is 0.0306.